The van der Waals surface area contributed by atoms with E-state index in [4.69, 9.17) is 0 Å². The van der Waals surface area contributed by atoms with Crippen molar-refractivity contribution in [3.8, 4) is 0 Å². The van der Waals surface area contributed by atoms with Crippen molar-refractivity contribution >= 4 is 17.3 Å². The van der Waals surface area contributed by atoms with Crippen LogP contribution in [-0.4, -0.2) is 23.2 Å². The van der Waals surface area contributed by atoms with Crippen LogP contribution in [0.4, 0.5) is 11.4 Å². The summed E-state index contributed by atoms with van der Waals surface area (Å²) in [6, 6.07) is 13.1. The van der Waals surface area contributed by atoms with E-state index >= 15 is 0 Å². The van der Waals surface area contributed by atoms with E-state index in [1.807, 2.05) is 44.2 Å². The summed E-state index contributed by atoms with van der Waals surface area (Å²) < 4.78 is 0. The lowest BCUT2D eigenvalue weighted by Crippen LogP contribution is -2.23. The molecule has 2 N–H and O–H groups in total. The largest absolute Gasteiger partial charge is 0.355 e. The highest BCUT2D eigenvalue weighted by Gasteiger charge is 2.14. The molecule has 4 heteroatoms. The van der Waals surface area contributed by atoms with Gasteiger partial charge in [-0.3, -0.25) is 10.0 Å². The first-order valence-corrected chi connectivity index (χ1v) is 6.40. The van der Waals surface area contributed by atoms with Crippen LogP contribution >= 0.6 is 0 Å². The maximum Gasteiger partial charge on any atom is 0.279 e. The second kappa shape index (κ2) is 5.75. The molecule has 0 aliphatic rings. The Balaban J connectivity index is 2.39. The molecule has 1 amide bonds. The first-order chi connectivity index (χ1) is 9.50. The second-order valence-corrected chi connectivity index (χ2v) is 4.75. The Morgan fingerprint density at radius 1 is 1.05 bits per heavy atom. The van der Waals surface area contributed by atoms with E-state index in [1.165, 1.54) is 12.6 Å². The highest BCUT2D eigenvalue weighted by Crippen LogP contribution is 2.25. The van der Waals surface area contributed by atoms with Crippen molar-refractivity contribution in [1.29, 1.82) is 0 Å². The molecule has 0 atom stereocenters. The molecule has 4 nitrogen and oxygen atoms in total. The summed E-state index contributed by atoms with van der Waals surface area (Å²) in [5, 5.41) is 13.2. The first-order valence-electron chi connectivity index (χ1n) is 6.40. The molecule has 0 aliphatic heterocycles. The summed E-state index contributed by atoms with van der Waals surface area (Å²) in [6.45, 7) is 4.07. The number of anilines is 2. The average molecular weight is 270 g/mol. The Morgan fingerprint density at radius 3 is 2.40 bits per heavy atom. The van der Waals surface area contributed by atoms with Gasteiger partial charge in [-0.1, -0.05) is 24.3 Å². The molecule has 0 saturated carbocycles. The Morgan fingerprint density at radius 2 is 1.70 bits per heavy atom. The lowest BCUT2D eigenvalue weighted by Gasteiger charge is -2.16. The monoisotopic (exact) mass is 270 g/mol. The van der Waals surface area contributed by atoms with E-state index in [-0.39, 0.29) is 0 Å². The van der Waals surface area contributed by atoms with Crippen molar-refractivity contribution in [3.05, 3.63) is 59.2 Å². The lowest BCUT2D eigenvalue weighted by atomic mass is 10.1. The third-order valence-electron chi connectivity index (χ3n) is 3.33. The van der Waals surface area contributed by atoms with Gasteiger partial charge < -0.3 is 5.32 Å². The second-order valence-electron chi connectivity index (χ2n) is 4.75. The smallest absolute Gasteiger partial charge is 0.279 e. The van der Waals surface area contributed by atoms with Crippen molar-refractivity contribution in [1.82, 2.24) is 5.06 Å². The van der Waals surface area contributed by atoms with Crippen LogP contribution in [0, 0.1) is 13.8 Å². The molecule has 0 aromatic heterocycles. The van der Waals surface area contributed by atoms with Gasteiger partial charge in [0.15, 0.2) is 0 Å². The van der Waals surface area contributed by atoms with Crippen molar-refractivity contribution in [3.63, 3.8) is 0 Å². The third-order valence-corrected chi connectivity index (χ3v) is 3.33. The van der Waals surface area contributed by atoms with Crippen molar-refractivity contribution in [2.24, 2.45) is 0 Å². The zero-order valence-corrected chi connectivity index (χ0v) is 11.8. The van der Waals surface area contributed by atoms with Crippen LogP contribution in [0.5, 0.6) is 0 Å². The SMILES string of the molecule is Cc1cccc(Nc2ccccc2C(=O)N(C)O)c1C. The fourth-order valence-electron chi connectivity index (χ4n) is 1.98. The van der Waals surface area contributed by atoms with Gasteiger partial charge in [0.25, 0.3) is 5.91 Å². The van der Waals surface area contributed by atoms with E-state index < -0.39 is 5.91 Å². The minimum Gasteiger partial charge on any atom is -0.355 e. The van der Waals surface area contributed by atoms with Crippen LogP contribution in [0.15, 0.2) is 42.5 Å². The topological polar surface area (TPSA) is 52.6 Å². The fourth-order valence-corrected chi connectivity index (χ4v) is 1.98. The highest BCUT2D eigenvalue weighted by atomic mass is 16.5. The minimum absolute atomic E-state index is 0.429. The van der Waals surface area contributed by atoms with Gasteiger partial charge in [0, 0.05) is 12.7 Å². The fraction of sp³-hybridized carbons (Fsp3) is 0.188. The van der Waals surface area contributed by atoms with Crippen LogP contribution < -0.4 is 5.32 Å². The van der Waals surface area contributed by atoms with E-state index in [0.29, 0.717) is 16.3 Å². The Labute approximate surface area is 118 Å². The molecule has 20 heavy (non-hydrogen) atoms. The molecule has 0 saturated heterocycles. The number of benzene rings is 2. The normalized spacial score (nSPS) is 10.2. The van der Waals surface area contributed by atoms with E-state index in [9.17, 15) is 10.0 Å². The Bertz CT molecular complexity index is 636. The van der Waals surface area contributed by atoms with E-state index in [0.717, 1.165) is 11.3 Å². The van der Waals surface area contributed by atoms with Gasteiger partial charge in [0.1, 0.15) is 0 Å². The van der Waals surface area contributed by atoms with Gasteiger partial charge in [0.2, 0.25) is 0 Å². The van der Waals surface area contributed by atoms with Crippen LogP contribution in [0.2, 0.25) is 0 Å². The first kappa shape index (κ1) is 14.1. The van der Waals surface area contributed by atoms with Gasteiger partial charge in [-0.2, -0.15) is 0 Å². The number of hydroxylamine groups is 2. The molecular weight excluding hydrogens is 252 g/mol. The number of hydrogen-bond donors (Lipinski definition) is 2. The van der Waals surface area contributed by atoms with Crippen molar-refractivity contribution in [2.75, 3.05) is 12.4 Å². The predicted octanol–water partition coefficient (Wildman–Crippen LogP) is 3.51. The Kier molecular flexibility index (Phi) is 4.05. The van der Waals surface area contributed by atoms with Gasteiger partial charge in [-0.25, -0.2) is 5.06 Å². The van der Waals surface area contributed by atoms with Crippen LogP contribution in [0.1, 0.15) is 21.5 Å². The average Bonchev–Trinajstić information content (AvgIpc) is 2.43. The molecule has 0 radical (unpaired) electrons. The standard InChI is InChI=1S/C16H18N2O2/c1-11-7-6-10-14(12(11)2)17-15-9-5-4-8-13(15)16(19)18(3)20/h4-10,17,20H,1-3H3. The predicted molar refractivity (Wildman–Crippen MR) is 79.5 cm³/mol. The van der Waals surface area contributed by atoms with Crippen LogP contribution in [-0.2, 0) is 0 Å². The number of nitrogens with zero attached hydrogens (tertiary/aromatic N) is 1. The molecule has 0 heterocycles. The summed E-state index contributed by atoms with van der Waals surface area (Å²) in [5.41, 5.74) is 4.36. The number of carbonyl (C=O) groups excluding carboxylic acids is 1. The summed E-state index contributed by atoms with van der Waals surface area (Å²) in [6.07, 6.45) is 0. The molecule has 0 unspecified atom stereocenters. The van der Waals surface area contributed by atoms with Gasteiger partial charge >= 0.3 is 0 Å². The van der Waals surface area contributed by atoms with E-state index in [2.05, 4.69) is 5.32 Å². The summed E-state index contributed by atoms with van der Waals surface area (Å²) in [7, 11) is 1.32. The zero-order chi connectivity index (χ0) is 14.7. The molecule has 0 bridgehead atoms. The molecule has 2 aromatic carbocycles. The van der Waals surface area contributed by atoms with Crippen molar-refractivity contribution in [2.45, 2.75) is 13.8 Å². The number of nitrogens with one attached hydrogen (secondary N) is 1. The summed E-state index contributed by atoms with van der Waals surface area (Å²) >= 11 is 0. The number of carbonyl (C=O) groups is 1. The Hall–Kier alpha value is -2.33. The molecular formula is C16H18N2O2. The minimum atomic E-state index is -0.446. The molecule has 0 fully saturated rings. The summed E-state index contributed by atoms with van der Waals surface area (Å²) in [5.74, 6) is -0.446. The van der Waals surface area contributed by atoms with Gasteiger partial charge in [-0.15, -0.1) is 0 Å². The highest BCUT2D eigenvalue weighted by molar-refractivity contribution is 5.99. The van der Waals surface area contributed by atoms with Crippen LogP contribution in [0.3, 0.4) is 0 Å². The van der Waals surface area contributed by atoms with Crippen LogP contribution in [0.25, 0.3) is 0 Å². The molecule has 0 aliphatic carbocycles. The number of rotatable bonds is 3. The molecule has 2 rings (SSSR count). The van der Waals surface area contributed by atoms with Gasteiger partial charge in [0.05, 0.1) is 11.3 Å². The number of aryl methyl sites for hydroxylation is 1. The number of para-hydroxylation sites is 1. The van der Waals surface area contributed by atoms with E-state index in [1.54, 1.807) is 12.1 Å². The maximum absolute atomic E-state index is 11.9. The zero-order valence-electron chi connectivity index (χ0n) is 11.8. The quantitative estimate of drug-likeness (QED) is 0.663. The molecule has 104 valence electrons. The maximum atomic E-state index is 11.9. The number of hydrogen-bond acceptors (Lipinski definition) is 3. The molecule has 0 spiro atoms. The van der Waals surface area contributed by atoms with Gasteiger partial charge in [-0.05, 0) is 43.2 Å². The van der Waals surface area contributed by atoms with Crippen molar-refractivity contribution < 1.29 is 10.0 Å². The summed E-state index contributed by atoms with van der Waals surface area (Å²) in [4.78, 5) is 11.9. The number of amides is 1. The third kappa shape index (κ3) is 2.81. The molecule has 2 aromatic rings. The lowest BCUT2D eigenvalue weighted by molar-refractivity contribution is -0.0374.